The summed E-state index contributed by atoms with van der Waals surface area (Å²) in [4.78, 5) is 15.4. The van der Waals surface area contributed by atoms with Crippen LogP contribution in [0, 0.1) is 5.82 Å². The highest BCUT2D eigenvalue weighted by atomic mass is 19.4. The van der Waals surface area contributed by atoms with Crippen molar-refractivity contribution < 1.29 is 27.1 Å². The molecule has 3 nitrogen and oxygen atoms in total. The number of rotatable bonds is 3. The fourth-order valence-electron chi connectivity index (χ4n) is 1.52. The molecule has 0 amide bonds. The molecule has 0 atom stereocenters. The van der Waals surface area contributed by atoms with Gasteiger partial charge in [-0.05, 0) is 30.3 Å². The summed E-state index contributed by atoms with van der Waals surface area (Å²) in [5.74, 6) is -1.90. The number of alkyl halides is 3. The first-order valence-corrected chi connectivity index (χ1v) is 5.37. The van der Waals surface area contributed by atoms with Gasteiger partial charge in [-0.2, -0.15) is 0 Å². The number of ether oxygens (including phenoxy) is 1. The van der Waals surface area contributed by atoms with Crippen molar-refractivity contribution in [1.29, 1.82) is 0 Å². The Bertz CT molecular complexity index is 623. The highest BCUT2D eigenvalue weighted by Gasteiger charge is 2.31. The number of halogens is 4. The third kappa shape index (κ3) is 3.31. The molecule has 0 aliphatic rings. The Morgan fingerprint density at radius 3 is 2.30 bits per heavy atom. The van der Waals surface area contributed by atoms with Crippen LogP contribution in [-0.2, 0) is 0 Å². The standard InChI is InChI=1S/C13H7F4NO2/c14-11-7-18-6-5-10(11)12(19)8-1-3-9(4-2-8)20-13(15,16)17/h1-7H. The van der Waals surface area contributed by atoms with Crippen molar-refractivity contribution in [1.82, 2.24) is 4.98 Å². The largest absolute Gasteiger partial charge is 0.573 e. The number of carbonyl (C=O) groups is 1. The molecule has 0 fully saturated rings. The van der Waals surface area contributed by atoms with E-state index in [0.29, 0.717) is 0 Å². The highest BCUT2D eigenvalue weighted by molar-refractivity contribution is 6.09. The van der Waals surface area contributed by atoms with Crippen LogP contribution in [0.2, 0.25) is 0 Å². The van der Waals surface area contributed by atoms with Crippen LogP contribution in [0.5, 0.6) is 5.75 Å². The fourth-order valence-corrected chi connectivity index (χ4v) is 1.52. The second-order valence-corrected chi connectivity index (χ2v) is 3.76. The third-order valence-corrected chi connectivity index (χ3v) is 2.37. The Morgan fingerprint density at radius 1 is 1.10 bits per heavy atom. The Balaban J connectivity index is 2.22. The third-order valence-electron chi connectivity index (χ3n) is 2.37. The molecule has 1 heterocycles. The Labute approximate surface area is 110 Å². The number of aromatic nitrogens is 1. The molecule has 0 saturated heterocycles. The van der Waals surface area contributed by atoms with Gasteiger partial charge in [0.2, 0.25) is 0 Å². The average Bonchev–Trinajstić information content (AvgIpc) is 2.37. The van der Waals surface area contributed by atoms with Gasteiger partial charge in [0.15, 0.2) is 11.6 Å². The van der Waals surface area contributed by atoms with Gasteiger partial charge in [0, 0.05) is 11.8 Å². The lowest BCUT2D eigenvalue weighted by Crippen LogP contribution is -2.17. The van der Waals surface area contributed by atoms with Crippen molar-refractivity contribution in [3.05, 3.63) is 59.7 Å². The van der Waals surface area contributed by atoms with Gasteiger partial charge < -0.3 is 4.74 Å². The van der Waals surface area contributed by atoms with Crippen molar-refractivity contribution >= 4 is 5.78 Å². The van der Waals surface area contributed by atoms with Gasteiger partial charge >= 0.3 is 6.36 Å². The van der Waals surface area contributed by atoms with Crippen LogP contribution in [-0.4, -0.2) is 17.1 Å². The van der Waals surface area contributed by atoms with Gasteiger partial charge in [-0.15, -0.1) is 13.2 Å². The van der Waals surface area contributed by atoms with E-state index < -0.39 is 23.7 Å². The van der Waals surface area contributed by atoms with Gasteiger partial charge in [0.1, 0.15) is 5.75 Å². The van der Waals surface area contributed by atoms with E-state index in [2.05, 4.69) is 9.72 Å². The maximum atomic E-state index is 13.4. The van der Waals surface area contributed by atoms with Crippen molar-refractivity contribution in [2.24, 2.45) is 0 Å². The molecule has 7 heteroatoms. The summed E-state index contributed by atoms with van der Waals surface area (Å²) in [5.41, 5.74) is -0.158. The maximum absolute atomic E-state index is 13.4. The zero-order chi connectivity index (χ0) is 14.8. The maximum Gasteiger partial charge on any atom is 0.573 e. The van der Waals surface area contributed by atoms with Crippen LogP contribution in [0.3, 0.4) is 0 Å². The van der Waals surface area contributed by atoms with E-state index in [9.17, 15) is 22.4 Å². The van der Waals surface area contributed by atoms with Gasteiger partial charge in [0.05, 0.1) is 11.8 Å². The summed E-state index contributed by atoms with van der Waals surface area (Å²) in [6, 6.07) is 5.42. The van der Waals surface area contributed by atoms with E-state index in [1.165, 1.54) is 12.3 Å². The minimum atomic E-state index is -4.80. The minimum absolute atomic E-state index is 0.0459. The van der Waals surface area contributed by atoms with Crippen molar-refractivity contribution in [3.63, 3.8) is 0 Å². The van der Waals surface area contributed by atoms with E-state index in [-0.39, 0.29) is 11.1 Å². The topological polar surface area (TPSA) is 39.2 Å². The first kappa shape index (κ1) is 14.0. The number of benzene rings is 1. The lowest BCUT2D eigenvalue weighted by molar-refractivity contribution is -0.274. The molecular formula is C13H7F4NO2. The number of pyridine rings is 1. The summed E-state index contributed by atoms with van der Waals surface area (Å²) >= 11 is 0. The van der Waals surface area contributed by atoms with Crippen molar-refractivity contribution in [3.8, 4) is 5.75 Å². The van der Waals surface area contributed by atoms with E-state index in [1.807, 2.05) is 0 Å². The van der Waals surface area contributed by atoms with Crippen LogP contribution in [0.25, 0.3) is 0 Å². The number of hydrogen-bond donors (Lipinski definition) is 0. The molecule has 1 aromatic carbocycles. The van der Waals surface area contributed by atoms with Crippen molar-refractivity contribution in [2.75, 3.05) is 0 Å². The number of ketones is 1. The Morgan fingerprint density at radius 2 is 1.75 bits per heavy atom. The molecule has 0 N–H and O–H groups in total. The molecular weight excluding hydrogens is 278 g/mol. The zero-order valence-electron chi connectivity index (χ0n) is 9.82. The van der Waals surface area contributed by atoms with Crippen LogP contribution in [0.1, 0.15) is 15.9 Å². The van der Waals surface area contributed by atoms with Crippen molar-refractivity contribution in [2.45, 2.75) is 6.36 Å². The Kier molecular flexibility index (Phi) is 3.69. The fraction of sp³-hybridized carbons (Fsp3) is 0.0769. The Hall–Kier alpha value is -2.44. The molecule has 0 spiro atoms. The molecule has 0 radical (unpaired) electrons. The predicted molar refractivity (Wildman–Crippen MR) is 60.8 cm³/mol. The van der Waals surface area contributed by atoms with E-state index >= 15 is 0 Å². The molecule has 2 rings (SSSR count). The highest BCUT2D eigenvalue weighted by Crippen LogP contribution is 2.23. The van der Waals surface area contributed by atoms with E-state index in [4.69, 9.17) is 0 Å². The molecule has 0 saturated carbocycles. The zero-order valence-corrected chi connectivity index (χ0v) is 9.82. The van der Waals surface area contributed by atoms with Crippen LogP contribution in [0.4, 0.5) is 17.6 Å². The quantitative estimate of drug-likeness (QED) is 0.641. The first-order valence-electron chi connectivity index (χ1n) is 5.37. The molecule has 2 aromatic rings. The molecule has 0 aliphatic heterocycles. The number of hydrogen-bond acceptors (Lipinski definition) is 3. The van der Waals surface area contributed by atoms with Crippen LogP contribution in [0.15, 0.2) is 42.7 Å². The summed E-state index contributed by atoms with van der Waals surface area (Å²) in [6.07, 6.45) is -2.67. The summed E-state index contributed by atoms with van der Waals surface area (Å²) < 4.78 is 53.0. The minimum Gasteiger partial charge on any atom is -0.406 e. The molecule has 20 heavy (non-hydrogen) atoms. The second-order valence-electron chi connectivity index (χ2n) is 3.76. The molecule has 0 aliphatic carbocycles. The van der Waals surface area contributed by atoms with E-state index in [0.717, 1.165) is 30.5 Å². The predicted octanol–water partition coefficient (Wildman–Crippen LogP) is 3.35. The van der Waals surface area contributed by atoms with Gasteiger partial charge in [-0.25, -0.2) is 4.39 Å². The summed E-state index contributed by atoms with van der Waals surface area (Å²) in [6.45, 7) is 0. The first-order chi connectivity index (χ1) is 9.37. The lowest BCUT2D eigenvalue weighted by Gasteiger charge is -2.09. The summed E-state index contributed by atoms with van der Waals surface area (Å²) in [5, 5.41) is 0. The second kappa shape index (κ2) is 5.28. The molecule has 0 bridgehead atoms. The van der Waals surface area contributed by atoms with Gasteiger partial charge in [-0.1, -0.05) is 0 Å². The van der Waals surface area contributed by atoms with Crippen LogP contribution >= 0.6 is 0 Å². The molecule has 104 valence electrons. The monoisotopic (exact) mass is 285 g/mol. The number of nitrogens with zero attached hydrogens (tertiary/aromatic N) is 1. The number of carbonyl (C=O) groups excluding carboxylic acids is 1. The van der Waals surface area contributed by atoms with Gasteiger partial charge in [-0.3, -0.25) is 9.78 Å². The molecule has 1 aromatic heterocycles. The normalized spacial score (nSPS) is 11.2. The SMILES string of the molecule is O=C(c1ccc(OC(F)(F)F)cc1)c1ccncc1F. The van der Waals surface area contributed by atoms with E-state index in [1.54, 1.807) is 0 Å². The van der Waals surface area contributed by atoms with Crippen LogP contribution < -0.4 is 4.74 Å². The molecule has 0 unspecified atom stereocenters. The lowest BCUT2D eigenvalue weighted by atomic mass is 10.0. The van der Waals surface area contributed by atoms with Gasteiger partial charge in [0.25, 0.3) is 0 Å². The smallest absolute Gasteiger partial charge is 0.406 e. The summed E-state index contributed by atoms with van der Waals surface area (Å²) in [7, 11) is 0. The average molecular weight is 285 g/mol.